The number of rotatable bonds is 4. The zero-order valence-corrected chi connectivity index (χ0v) is 19.3. The third-order valence-corrected chi connectivity index (χ3v) is 6.78. The molecule has 4 heterocycles. The second-order valence-electron chi connectivity index (χ2n) is 8.51. The molecule has 0 aromatic carbocycles. The minimum absolute atomic E-state index is 0.0139. The molecule has 1 saturated heterocycles. The molecule has 10 nitrogen and oxygen atoms in total. The second kappa shape index (κ2) is 8.81. The lowest BCUT2D eigenvalue weighted by atomic mass is 9.76. The molecule has 3 aliphatic heterocycles. The first-order valence-corrected chi connectivity index (χ1v) is 11.2. The summed E-state index contributed by atoms with van der Waals surface area (Å²) in [5.41, 5.74) is 1.26. The highest BCUT2D eigenvalue weighted by Crippen LogP contribution is 2.45. The fourth-order valence-electron chi connectivity index (χ4n) is 4.94. The first kappa shape index (κ1) is 23.0. The van der Waals surface area contributed by atoms with E-state index in [9.17, 15) is 23.6 Å². The first-order chi connectivity index (χ1) is 16.8. The summed E-state index contributed by atoms with van der Waals surface area (Å²) in [5, 5.41) is 7.30. The molecule has 5 rings (SSSR count). The van der Waals surface area contributed by atoms with Crippen molar-refractivity contribution in [2.24, 2.45) is 18.0 Å². The molecule has 1 amide bonds. The summed E-state index contributed by atoms with van der Waals surface area (Å²) in [5.74, 6) is -3.94. The van der Waals surface area contributed by atoms with Gasteiger partial charge in [0.25, 0.3) is 0 Å². The van der Waals surface area contributed by atoms with E-state index < -0.39 is 35.9 Å². The van der Waals surface area contributed by atoms with E-state index in [0.29, 0.717) is 17.6 Å². The third-order valence-electron chi connectivity index (χ3n) is 6.49. The minimum Gasteiger partial charge on any atom is -0.457 e. The molecule has 0 radical (unpaired) electrons. The van der Waals surface area contributed by atoms with E-state index in [-0.39, 0.29) is 53.3 Å². The zero-order valence-electron chi connectivity index (χ0n) is 18.5. The van der Waals surface area contributed by atoms with Gasteiger partial charge in [-0.3, -0.25) is 24.2 Å². The van der Waals surface area contributed by atoms with Crippen molar-refractivity contribution in [1.82, 2.24) is 19.9 Å². The maximum absolute atomic E-state index is 14.9. The Hall–Kier alpha value is -3.73. The summed E-state index contributed by atoms with van der Waals surface area (Å²) in [4.78, 5) is 56.6. The number of nitrogens with zero attached hydrogens (tertiary/aromatic N) is 5. The van der Waals surface area contributed by atoms with Crippen LogP contribution in [0.15, 0.2) is 56.5 Å². The van der Waals surface area contributed by atoms with E-state index in [2.05, 4.69) is 15.3 Å². The largest absolute Gasteiger partial charge is 0.457 e. The number of esters is 1. The number of ether oxygens (including phenoxy) is 1. The molecule has 4 aliphatic rings. The van der Waals surface area contributed by atoms with Gasteiger partial charge < -0.3 is 9.64 Å². The fraction of sp³-hybridized carbons (Fsp3) is 0.348. The summed E-state index contributed by atoms with van der Waals surface area (Å²) < 4.78 is 21.5. The maximum Gasteiger partial charge on any atom is 0.315 e. The Labute approximate surface area is 203 Å². The van der Waals surface area contributed by atoms with Crippen LogP contribution in [0.4, 0.5) is 4.39 Å². The number of hydrogen-bond donors (Lipinski definition) is 0. The summed E-state index contributed by atoms with van der Waals surface area (Å²) in [6.07, 6.45) is 5.40. The average Bonchev–Trinajstić information content (AvgIpc) is 3.40. The van der Waals surface area contributed by atoms with Crippen LogP contribution in [0.5, 0.6) is 0 Å². The molecule has 2 atom stereocenters. The van der Waals surface area contributed by atoms with Crippen LogP contribution in [0.1, 0.15) is 23.3 Å². The van der Waals surface area contributed by atoms with Crippen molar-refractivity contribution in [1.29, 1.82) is 0 Å². The number of aromatic nitrogens is 3. The SMILES string of the molecule is Cn1nncc1C(=O)COC(=O)C1CN2C(=O)CCC2C2=C1C1=CC(=O)C=C(F)C1=C(Cl)C=NC2. The molecule has 1 aromatic rings. The van der Waals surface area contributed by atoms with Gasteiger partial charge in [-0.05, 0) is 29.2 Å². The first-order valence-electron chi connectivity index (χ1n) is 10.9. The van der Waals surface area contributed by atoms with Gasteiger partial charge >= 0.3 is 5.97 Å². The fourth-order valence-corrected chi connectivity index (χ4v) is 5.20. The predicted octanol–water partition coefficient (Wildman–Crippen LogP) is 1.40. The van der Waals surface area contributed by atoms with Gasteiger partial charge in [0.15, 0.2) is 12.4 Å². The Bertz CT molecular complexity index is 1340. The van der Waals surface area contributed by atoms with Gasteiger partial charge in [0.05, 0.1) is 23.8 Å². The van der Waals surface area contributed by atoms with Crippen molar-refractivity contribution in [3.63, 3.8) is 0 Å². The summed E-state index contributed by atoms with van der Waals surface area (Å²) in [6, 6.07) is -0.344. The lowest BCUT2D eigenvalue weighted by Crippen LogP contribution is -2.47. The van der Waals surface area contributed by atoms with Crippen LogP contribution in [0.3, 0.4) is 0 Å². The van der Waals surface area contributed by atoms with Crippen LogP contribution < -0.4 is 0 Å². The molecule has 1 aromatic heterocycles. The highest BCUT2D eigenvalue weighted by molar-refractivity contribution is 6.40. The monoisotopic (exact) mass is 499 g/mol. The number of fused-ring (bicyclic) bond motifs is 4. The Kier molecular flexibility index (Phi) is 5.79. The van der Waals surface area contributed by atoms with Crippen molar-refractivity contribution < 1.29 is 28.3 Å². The van der Waals surface area contributed by atoms with Gasteiger partial charge in [-0.1, -0.05) is 16.8 Å². The number of halogens is 2. The Balaban J connectivity index is 1.55. The predicted molar refractivity (Wildman–Crippen MR) is 120 cm³/mol. The van der Waals surface area contributed by atoms with Crippen LogP contribution in [0.25, 0.3) is 0 Å². The van der Waals surface area contributed by atoms with Crippen molar-refractivity contribution in [2.75, 3.05) is 19.7 Å². The summed E-state index contributed by atoms with van der Waals surface area (Å²) in [6.45, 7) is -0.508. The lowest BCUT2D eigenvalue weighted by Gasteiger charge is -2.39. The quantitative estimate of drug-likeness (QED) is 0.453. The number of carbonyl (C=O) groups excluding carboxylic acids is 4. The minimum atomic E-state index is -1.07. The molecule has 1 aliphatic carbocycles. The number of hydrogen-bond acceptors (Lipinski definition) is 8. The normalized spacial score (nSPS) is 23.8. The molecule has 12 heteroatoms. The number of allylic oxidation sites excluding steroid dienone is 6. The van der Waals surface area contributed by atoms with Gasteiger partial charge in [0.2, 0.25) is 11.7 Å². The van der Waals surface area contributed by atoms with Gasteiger partial charge in [-0.15, -0.1) is 5.10 Å². The number of aliphatic imine (C=N–C) groups is 1. The third kappa shape index (κ3) is 3.95. The molecular weight excluding hydrogens is 481 g/mol. The van der Waals surface area contributed by atoms with E-state index in [0.717, 1.165) is 6.08 Å². The van der Waals surface area contributed by atoms with Crippen LogP contribution in [0, 0.1) is 5.92 Å². The van der Waals surface area contributed by atoms with Crippen LogP contribution in [0.2, 0.25) is 0 Å². The topological polar surface area (TPSA) is 124 Å². The molecule has 35 heavy (non-hydrogen) atoms. The second-order valence-corrected chi connectivity index (χ2v) is 8.92. The molecule has 0 saturated carbocycles. The Morgan fingerprint density at radius 2 is 2.09 bits per heavy atom. The van der Waals surface area contributed by atoms with Gasteiger partial charge in [0, 0.05) is 37.9 Å². The number of carbonyl (C=O) groups is 4. The Morgan fingerprint density at radius 3 is 2.83 bits per heavy atom. The molecule has 0 bridgehead atoms. The van der Waals surface area contributed by atoms with E-state index >= 15 is 0 Å². The van der Waals surface area contributed by atoms with E-state index in [1.54, 1.807) is 4.90 Å². The average molecular weight is 500 g/mol. The molecule has 1 fully saturated rings. The van der Waals surface area contributed by atoms with Crippen molar-refractivity contribution in [3.8, 4) is 0 Å². The summed E-state index contributed by atoms with van der Waals surface area (Å²) in [7, 11) is 1.53. The van der Waals surface area contributed by atoms with Gasteiger partial charge in [-0.2, -0.15) is 0 Å². The van der Waals surface area contributed by atoms with Gasteiger partial charge in [-0.25, -0.2) is 9.07 Å². The number of aryl methyl sites for hydroxylation is 1. The highest BCUT2D eigenvalue weighted by atomic mass is 35.5. The number of ketones is 2. The lowest BCUT2D eigenvalue weighted by molar-refractivity contribution is -0.147. The van der Waals surface area contributed by atoms with Crippen molar-refractivity contribution in [3.05, 3.63) is 57.2 Å². The van der Waals surface area contributed by atoms with Crippen molar-refractivity contribution in [2.45, 2.75) is 18.9 Å². The van der Waals surface area contributed by atoms with Crippen LogP contribution in [-0.4, -0.2) is 75.3 Å². The van der Waals surface area contributed by atoms with E-state index in [4.69, 9.17) is 16.3 Å². The standard InChI is InChI=1S/C23H19ClFN5O5/c1-29-18(8-27-28-29)19(32)10-35-23(34)14-9-30-17(2-3-20(30)33)13-6-26-7-15(24)22-12(21(13)14)4-11(31)5-16(22)25/h4-5,7-8,14,17H,2-3,6,9-10H2,1H3. The zero-order chi connectivity index (χ0) is 24.9. The van der Waals surface area contributed by atoms with E-state index in [1.807, 2.05) is 0 Å². The highest BCUT2D eigenvalue weighted by Gasteiger charge is 2.46. The van der Waals surface area contributed by atoms with Crippen LogP contribution in [-0.2, 0) is 26.2 Å². The van der Waals surface area contributed by atoms with Crippen molar-refractivity contribution >= 4 is 41.3 Å². The number of amides is 1. The molecule has 0 N–H and O–H groups in total. The van der Waals surface area contributed by atoms with E-state index in [1.165, 1.54) is 30.2 Å². The maximum atomic E-state index is 14.9. The molecule has 0 spiro atoms. The smallest absolute Gasteiger partial charge is 0.315 e. The molecule has 2 unspecified atom stereocenters. The van der Waals surface area contributed by atoms with Crippen LogP contribution >= 0.6 is 11.6 Å². The number of Topliss-reactive ketones (excluding diaryl/α,β-unsaturated/α-hetero) is 1. The molecular formula is C23H19ClFN5O5. The van der Waals surface area contributed by atoms with Gasteiger partial charge in [0.1, 0.15) is 17.4 Å². The Morgan fingerprint density at radius 1 is 1.29 bits per heavy atom. The summed E-state index contributed by atoms with van der Waals surface area (Å²) >= 11 is 6.31. The molecule has 180 valence electrons.